The lowest BCUT2D eigenvalue weighted by molar-refractivity contribution is -0.122. The first-order valence-electron chi connectivity index (χ1n) is 8.97. The number of carbonyl (C=O) groups is 3. The fourth-order valence-electron chi connectivity index (χ4n) is 2.99. The van der Waals surface area contributed by atoms with E-state index in [2.05, 4.69) is 5.32 Å². The Morgan fingerprint density at radius 3 is 2.39 bits per heavy atom. The zero-order chi connectivity index (χ0) is 22.3. The van der Waals surface area contributed by atoms with Crippen LogP contribution in [0.2, 0.25) is 15.1 Å². The van der Waals surface area contributed by atoms with E-state index in [0.29, 0.717) is 26.4 Å². The molecule has 0 atom stereocenters. The SMILES string of the molecule is Cc1ccc(N2C(=O)NC(=O)/C(=C/c3ccc(-c4ccc(Cl)c(Cl)c4)o3)C2=O)cc1Cl. The van der Waals surface area contributed by atoms with Crippen molar-refractivity contribution < 1.29 is 18.8 Å². The number of nitrogens with zero attached hydrogens (tertiary/aromatic N) is 1. The minimum Gasteiger partial charge on any atom is -0.457 e. The van der Waals surface area contributed by atoms with Gasteiger partial charge in [-0.2, -0.15) is 0 Å². The number of imide groups is 2. The maximum atomic E-state index is 13.0. The first kappa shape index (κ1) is 21.2. The second-order valence-electron chi connectivity index (χ2n) is 6.72. The van der Waals surface area contributed by atoms with Crippen LogP contribution in [0.4, 0.5) is 10.5 Å². The van der Waals surface area contributed by atoms with Crippen molar-refractivity contribution in [1.29, 1.82) is 0 Å². The predicted octanol–water partition coefficient (Wildman–Crippen LogP) is 5.88. The number of nitrogens with one attached hydrogen (secondary N) is 1. The second-order valence-corrected chi connectivity index (χ2v) is 7.94. The molecule has 1 N–H and O–H groups in total. The Labute approximate surface area is 192 Å². The van der Waals surface area contributed by atoms with Crippen molar-refractivity contribution in [2.75, 3.05) is 4.90 Å². The molecule has 156 valence electrons. The van der Waals surface area contributed by atoms with Crippen LogP contribution in [0.25, 0.3) is 17.4 Å². The molecule has 1 aliphatic rings. The van der Waals surface area contributed by atoms with Gasteiger partial charge in [-0.25, -0.2) is 9.69 Å². The van der Waals surface area contributed by atoms with Gasteiger partial charge in [0.25, 0.3) is 11.8 Å². The lowest BCUT2D eigenvalue weighted by Gasteiger charge is -2.26. The number of barbiturate groups is 1. The van der Waals surface area contributed by atoms with Gasteiger partial charge in [-0.3, -0.25) is 14.9 Å². The molecule has 4 rings (SSSR count). The lowest BCUT2D eigenvalue weighted by atomic mass is 10.1. The molecule has 1 aliphatic heterocycles. The van der Waals surface area contributed by atoms with Crippen molar-refractivity contribution in [2.24, 2.45) is 0 Å². The van der Waals surface area contributed by atoms with E-state index in [1.165, 1.54) is 12.1 Å². The number of benzene rings is 2. The van der Waals surface area contributed by atoms with E-state index in [9.17, 15) is 14.4 Å². The third-order valence-corrected chi connectivity index (χ3v) is 5.78. The number of anilines is 1. The summed E-state index contributed by atoms with van der Waals surface area (Å²) in [4.78, 5) is 38.5. The van der Waals surface area contributed by atoms with Crippen LogP contribution in [0.5, 0.6) is 0 Å². The van der Waals surface area contributed by atoms with E-state index in [0.717, 1.165) is 10.5 Å². The molecule has 0 radical (unpaired) electrons. The molecule has 0 aliphatic carbocycles. The molecule has 6 nitrogen and oxygen atoms in total. The zero-order valence-corrected chi connectivity index (χ0v) is 18.2. The molecule has 3 aromatic rings. The van der Waals surface area contributed by atoms with Crippen LogP contribution in [-0.4, -0.2) is 17.8 Å². The van der Waals surface area contributed by atoms with Gasteiger partial charge in [0.05, 0.1) is 15.7 Å². The number of carbonyl (C=O) groups excluding carboxylic acids is 3. The molecule has 1 saturated heterocycles. The van der Waals surface area contributed by atoms with Gasteiger partial charge in [-0.1, -0.05) is 40.9 Å². The average Bonchev–Trinajstić information content (AvgIpc) is 3.18. The summed E-state index contributed by atoms with van der Waals surface area (Å²) in [6.07, 6.45) is 1.27. The van der Waals surface area contributed by atoms with Crippen LogP contribution in [0.1, 0.15) is 11.3 Å². The highest BCUT2D eigenvalue weighted by Gasteiger charge is 2.37. The average molecular weight is 476 g/mol. The molecule has 0 bridgehead atoms. The van der Waals surface area contributed by atoms with Crippen molar-refractivity contribution in [3.63, 3.8) is 0 Å². The predicted molar refractivity (Wildman–Crippen MR) is 119 cm³/mol. The summed E-state index contributed by atoms with van der Waals surface area (Å²) in [5.41, 5.74) is 1.44. The molecule has 9 heteroatoms. The molecule has 0 saturated carbocycles. The Morgan fingerprint density at radius 1 is 0.903 bits per heavy atom. The van der Waals surface area contributed by atoms with E-state index in [1.54, 1.807) is 49.4 Å². The van der Waals surface area contributed by atoms with Crippen LogP contribution in [-0.2, 0) is 9.59 Å². The molecular weight excluding hydrogens is 463 g/mol. The summed E-state index contributed by atoms with van der Waals surface area (Å²) in [5.74, 6) is -0.902. The first-order valence-corrected chi connectivity index (χ1v) is 10.1. The number of halogens is 3. The van der Waals surface area contributed by atoms with Crippen LogP contribution in [0, 0.1) is 6.92 Å². The number of hydrogen-bond donors (Lipinski definition) is 1. The first-order chi connectivity index (χ1) is 14.7. The molecule has 4 amide bonds. The highest BCUT2D eigenvalue weighted by atomic mass is 35.5. The Balaban J connectivity index is 1.68. The number of rotatable bonds is 3. The molecule has 1 fully saturated rings. The van der Waals surface area contributed by atoms with Gasteiger partial charge in [-0.05, 0) is 61.0 Å². The van der Waals surface area contributed by atoms with Gasteiger partial charge in [0.1, 0.15) is 17.1 Å². The van der Waals surface area contributed by atoms with Gasteiger partial charge in [-0.15, -0.1) is 0 Å². The molecule has 2 aromatic carbocycles. The number of amides is 4. The van der Waals surface area contributed by atoms with Crippen molar-refractivity contribution in [3.05, 3.63) is 80.5 Å². The van der Waals surface area contributed by atoms with Gasteiger partial charge in [0, 0.05) is 10.6 Å². The summed E-state index contributed by atoms with van der Waals surface area (Å²) in [6.45, 7) is 1.79. The third kappa shape index (κ3) is 4.10. The van der Waals surface area contributed by atoms with E-state index in [4.69, 9.17) is 39.2 Å². The van der Waals surface area contributed by atoms with Crippen molar-refractivity contribution in [2.45, 2.75) is 6.92 Å². The number of urea groups is 1. The smallest absolute Gasteiger partial charge is 0.335 e. The fourth-order valence-corrected chi connectivity index (χ4v) is 3.46. The van der Waals surface area contributed by atoms with Crippen LogP contribution < -0.4 is 10.2 Å². The molecule has 1 aromatic heterocycles. The van der Waals surface area contributed by atoms with E-state index in [-0.39, 0.29) is 17.0 Å². The van der Waals surface area contributed by atoms with Crippen molar-refractivity contribution in [1.82, 2.24) is 5.32 Å². The van der Waals surface area contributed by atoms with Crippen LogP contribution in [0.3, 0.4) is 0 Å². The minimum atomic E-state index is -0.858. The normalized spacial score (nSPS) is 15.5. The minimum absolute atomic E-state index is 0.243. The highest BCUT2D eigenvalue weighted by molar-refractivity contribution is 6.42. The highest BCUT2D eigenvalue weighted by Crippen LogP contribution is 2.31. The molecule has 0 unspecified atom stereocenters. The summed E-state index contributed by atoms with van der Waals surface area (Å²) >= 11 is 18.1. The molecule has 0 spiro atoms. The van der Waals surface area contributed by atoms with Crippen molar-refractivity contribution in [3.8, 4) is 11.3 Å². The summed E-state index contributed by atoms with van der Waals surface area (Å²) in [7, 11) is 0. The van der Waals surface area contributed by atoms with Gasteiger partial charge >= 0.3 is 6.03 Å². The quantitative estimate of drug-likeness (QED) is 0.379. The number of aryl methyl sites for hydroxylation is 1. The Kier molecular flexibility index (Phi) is 5.62. The molecule has 31 heavy (non-hydrogen) atoms. The summed E-state index contributed by atoms with van der Waals surface area (Å²) < 4.78 is 5.73. The van der Waals surface area contributed by atoms with Crippen LogP contribution in [0.15, 0.2) is 58.5 Å². The molecule has 2 heterocycles. The maximum absolute atomic E-state index is 13.0. The summed E-state index contributed by atoms with van der Waals surface area (Å²) in [6, 6.07) is 12.1. The maximum Gasteiger partial charge on any atom is 0.335 e. The summed E-state index contributed by atoms with van der Waals surface area (Å²) in [5, 5.41) is 3.32. The third-order valence-electron chi connectivity index (χ3n) is 4.63. The molecular formula is C22H13Cl3N2O4. The van der Waals surface area contributed by atoms with Gasteiger partial charge < -0.3 is 4.42 Å². The van der Waals surface area contributed by atoms with E-state index in [1.807, 2.05) is 0 Å². The Bertz CT molecular complexity index is 1280. The number of hydrogen-bond acceptors (Lipinski definition) is 4. The zero-order valence-electron chi connectivity index (χ0n) is 15.9. The Morgan fingerprint density at radius 2 is 1.68 bits per heavy atom. The monoisotopic (exact) mass is 474 g/mol. The number of furan rings is 1. The largest absolute Gasteiger partial charge is 0.457 e. The van der Waals surface area contributed by atoms with Crippen LogP contribution >= 0.6 is 34.8 Å². The van der Waals surface area contributed by atoms with Gasteiger partial charge in [0.2, 0.25) is 0 Å². The van der Waals surface area contributed by atoms with Crippen molar-refractivity contribution >= 4 is 64.4 Å². The van der Waals surface area contributed by atoms with E-state index < -0.39 is 17.8 Å². The second kappa shape index (κ2) is 8.23. The standard InChI is InChI=1S/C22H13Cl3N2O4/c1-11-2-4-13(9-17(11)24)27-21(29)15(20(28)26-22(27)30)10-14-5-7-19(31-14)12-3-6-16(23)18(25)8-12/h2-10H,1H3,(H,26,28,30)/b15-10-. The topological polar surface area (TPSA) is 79.6 Å². The Hall–Kier alpha value is -3.06. The van der Waals surface area contributed by atoms with E-state index >= 15 is 0 Å². The lowest BCUT2D eigenvalue weighted by Crippen LogP contribution is -2.54. The fraction of sp³-hybridized carbons (Fsp3) is 0.0455. The van der Waals surface area contributed by atoms with Gasteiger partial charge in [0.15, 0.2) is 0 Å².